The van der Waals surface area contributed by atoms with Gasteiger partial charge in [-0.25, -0.2) is 15.0 Å². The molecule has 0 fully saturated rings. The van der Waals surface area contributed by atoms with E-state index in [0.717, 1.165) is 50.1 Å². The highest BCUT2D eigenvalue weighted by Gasteiger charge is 2.14. The van der Waals surface area contributed by atoms with E-state index in [0.29, 0.717) is 51.4 Å². The van der Waals surface area contributed by atoms with Crippen LogP contribution in [0.1, 0.15) is 0 Å². The average molecular weight is 661 g/mol. The number of hydrogen-bond acceptors (Lipinski definition) is 9. The molecule has 10 aromatic rings. The Morgan fingerprint density at radius 2 is 0.569 bits per heavy atom. The van der Waals surface area contributed by atoms with Crippen molar-refractivity contribution in [2.75, 3.05) is 0 Å². The highest BCUT2D eigenvalue weighted by Crippen LogP contribution is 2.36. The molecule has 9 nitrogen and oxygen atoms in total. The fraction of sp³-hybridized carbons (Fsp3) is 0. The average Bonchev–Trinajstić information content (AvgIpc) is 3.95. The number of oxazole rings is 3. The van der Waals surface area contributed by atoms with E-state index in [1.54, 1.807) is 18.6 Å². The third-order valence-electron chi connectivity index (χ3n) is 8.82. The van der Waals surface area contributed by atoms with Crippen LogP contribution >= 0.6 is 0 Å². The first-order valence-electron chi connectivity index (χ1n) is 16.3. The molecule has 0 radical (unpaired) electrons. The molecule has 0 unspecified atom stereocenters. The molecule has 0 saturated heterocycles. The van der Waals surface area contributed by atoms with Crippen molar-refractivity contribution in [3.8, 4) is 67.7 Å². The van der Waals surface area contributed by atoms with Crippen molar-refractivity contribution in [2.45, 2.75) is 0 Å². The van der Waals surface area contributed by atoms with Crippen molar-refractivity contribution in [1.29, 1.82) is 0 Å². The fourth-order valence-corrected chi connectivity index (χ4v) is 6.22. The maximum Gasteiger partial charge on any atom is 0.228 e. The zero-order chi connectivity index (χ0) is 33.7. The molecule has 0 aliphatic heterocycles. The number of fused-ring (bicyclic) bond motifs is 3. The van der Waals surface area contributed by atoms with Gasteiger partial charge in [0.25, 0.3) is 0 Å². The molecule has 6 aromatic heterocycles. The van der Waals surface area contributed by atoms with E-state index in [1.807, 2.05) is 72.8 Å². The van der Waals surface area contributed by atoms with Crippen molar-refractivity contribution >= 4 is 33.7 Å². The number of aromatic nitrogens is 6. The van der Waals surface area contributed by atoms with Crippen LogP contribution in [0.5, 0.6) is 0 Å². The van der Waals surface area contributed by atoms with E-state index in [-0.39, 0.29) is 0 Å². The van der Waals surface area contributed by atoms with Gasteiger partial charge in [0.2, 0.25) is 17.7 Å². The summed E-state index contributed by atoms with van der Waals surface area (Å²) in [7, 11) is 0. The van der Waals surface area contributed by atoms with E-state index in [4.69, 9.17) is 13.3 Å². The lowest BCUT2D eigenvalue weighted by Gasteiger charge is -2.12. The first kappa shape index (κ1) is 28.7. The minimum absolute atomic E-state index is 0.536. The van der Waals surface area contributed by atoms with Crippen molar-refractivity contribution in [3.05, 3.63) is 146 Å². The van der Waals surface area contributed by atoms with Crippen molar-refractivity contribution < 1.29 is 13.3 Å². The molecule has 240 valence electrons. The quantitative estimate of drug-likeness (QED) is 0.172. The van der Waals surface area contributed by atoms with E-state index < -0.39 is 0 Å². The predicted molar refractivity (Wildman–Crippen MR) is 195 cm³/mol. The lowest BCUT2D eigenvalue weighted by Crippen LogP contribution is -1.88. The zero-order valence-electron chi connectivity index (χ0n) is 26.8. The summed E-state index contributed by atoms with van der Waals surface area (Å²) in [6.07, 6.45) is 5.14. The third-order valence-corrected chi connectivity index (χ3v) is 8.82. The molecule has 0 aliphatic rings. The number of rotatable bonds is 6. The van der Waals surface area contributed by atoms with Crippen molar-refractivity contribution in [1.82, 2.24) is 29.9 Å². The van der Waals surface area contributed by atoms with Gasteiger partial charge in [0.15, 0.2) is 33.7 Å². The van der Waals surface area contributed by atoms with Crippen molar-refractivity contribution in [2.24, 2.45) is 0 Å². The minimum Gasteiger partial charge on any atom is -0.434 e. The van der Waals surface area contributed by atoms with Gasteiger partial charge in [0, 0.05) is 35.3 Å². The Bertz CT molecular complexity index is 2430. The second-order valence-corrected chi connectivity index (χ2v) is 12.1. The van der Waals surface area contributed by atoms with Crippen LogP contribution in [0.25, 0.3) is 101 Å². The smallest absolute Gasteiger partial charge is 0.228 e. The molecule has 51 heavy (non-hydrogen) atoms. The van der Waals surface area contributed by atoms with Gasteiger partial charge in [-0.2, -0.15) is 15.0 Å². The summed E-state index contributed by atoms with van der Waals surface area (Å²) < 4.78 is 17.9. The standard InChI is InChI=1S/C42H24N6O3/c1-4-34-37(43-19-1)46-40(49-34)28-13-7-25(8-14-28)31-22-32(26-9-15-29(16-10-26)41-47-38-35(50-41)5-2-20-44-38)24-33(23-31)27-11-17-30(18-12-27)42-48-39-36(51-42)6-3-21-45-39/h1-24H. The molecule has 0 N–H and O–H groups in total. The van der Waals surface area contributed by atoms with Crippen LogP contribution in [0.15, 0.2) is 159 Å². The number of pyridine rings is 3. The maximum atomic E-state index is 5.97. The molecule has 0 spiro atoms. The third kappa shape index (κ3) is 5.30. The van der Waals surface area contributed by atoms with E-state index >= 15 is 0 Å². The number of benzene rings is 4. The van der Waals surface area contributed by atoms with Crippen LogP contribution in [0, 0.1) is 0 Å². The first-order valence-corrected chi connectivity index (χ1v) is 16.3. The van der Waals surface area contributed by atoms with Gasteiger partial charge in [-0.1, -0.05) is 36.4 Å². The van der Waals surface area contributed by atoms with Gasteiger partial charge in [0.05, 0.1) is 0 Å². The molecule has 6 heterocycles. The van der Waals surface area contributed by atoms with Gasteiger partial charge < -0.3 is 13.3 Å². The Labute approximate surface area is 290 Å². The highest BCUT2D eigenvalue weighted by atomic mass is 16.4. The van der Waals surface area contributed by atoms with Crippen LogP contribution in [0.4, 0.5) is 0 Å². The normalized spacial score (nSPS) is 11.5. The van der Waals surface area contributed by atoms with Gasteiger partial charge >= 0.3 is 0 Å². The van der Waals surface area contributed by atoms with Crippen molar-refractivity contribution in [3.63, 3.8) is 0 Å². The molecule has 0 bridgehead atoms. The van der Waals surface area contributed by atoms with Gasteiger partial charge in [-0.05, 0) is 124 Å². The summed E-state index contributed by atoms with van der Waals surface area (Å²) in [5.41, 5.74) is 12.7. The Hall–Kier alpha value is -7.26. The van der Waals surface area contributed by atoms with E-state index in [2.05, 4.69) is 84.5 Å². The van der Waals surface area contributed by atoms with Gasteiger partial charge in [0.1, 0.15) is 0 Å². The monoisotopic (exact) mass is 660 g/mol. The topological polar surface area (TPSA) is 117 Å². The van der Waals surface area contributed by atoms with Gasteiger partial charge in [-0.3, -0.25) is 0 Å². The number of nitrogens with zero attached hydrogens (tertiary/aromatic N) is 6. The zero-order valence-corrected chi connectivity index (χ0v) is 26.8. The summed E-state index contributed by atoms with van der Waals surface area (Å²) in [4.78, 5) is 26.6. The molecule has 4 aromatic carbocycles. The Morgan fingerprint density at radius 1 is 0.294 bits per heavy atom. The molecular formula is C42H24N6O3. The van der Waals surface area contributed by atoms with Crippen LogP contribution in [0.2, 0.25) is 0 Å². The van der Waals surface area contributed by atoms with Crippen LogP contribution in [-0.2, 0) is 0 Å². The summed E-state index contributed by atoms with van der Waals surface area (Å²) in [6, 6.07) is 42.5. The molecular weight excluding hydrogens is 637 g/mol. The highest BCUT2D eigenvalue weighted by molar-refractivity contribution is 5.83. The summed E-state index contributed by atoms with van der Waals surface area (Å²) in [5.74, 6) is 1.61. The molecule has 10 rings (SSSR count). The summed E-state index contributed by atoms with van der Waals surface area (Å²) in [6.45, 7) is 0. The Morgan fingerprint density at radius 3 is 0.843 bits per heavy atom. The lowest BCUT2D eigenvalue weighted by molar-refractivity contribution is 0.619. The number of hydrogen-bond donors (Lipinski definition) is 0. The second-order valence-electron chi connectivity index (χ2n) is 12.1. The van der Waals surface area contributed by atoms with Gasteiger partial charge in [-0.15, -0.1) is 0 Å². The molecule has 9 heteroatoms. The van der Waals surface area contributed by atoms with Crippen LogP contribution in [-0.4, -0.2) is 29.9 Å². The second kappa shape index (κ2) is 11.7. The predicted octanol–water partition coefficient (Wildman–Crippen LogP) is 10.3. The maximum absolute atomic E-state index is 5.97. The summed E-state index contributed by atoms with van der Waals surface area (Å²) in [5, 5.41) is 0. The van der Waals surface area contributed by atoms with Crippen LogP contribution < -0.4 is 0 Å². The first-order chi connectivity index (χ1) is 25.2. The van der Waals surface area contributed by atoms with Crippen LogP contribution in [0.3, 0.4) is 0 Å². The van der Waals surface area contributed by atoms with E-state index in [1.165, 1.54) is 0 Å². The molecule has 0 atom stereocenters. The fourth-order valence-electron chi connectivity index (χ4n) is 6.22. The molecule has 0 aliphatic carbocycles. The van der Waals surface area contributed by atoms with E-state index in [9.17, 15) is 0 Å². The Kier molecular flexibility index (Phi) is 6.60. The molecule has 0 saturated carbocycles. The lowest BCUT2D eigenvalue weighted by atomic mass is 9.92. The molecule has 0 amide bonds. The summed E-state index contributed by atoms with van der Waals surface area (Å²) >= 11 is 0. The SMILES string of the molecule is c1cnc2nc(-c3ccc(-c4cc(-c5ccc(-c6nc7ncccc7o6)cc5)cc(-c5ccc(-c6nc7ncccc7o6)cc5)c4)cc3)oc2c1. The minimum atomic E-state index is 0.536. The largest absolute Gasteiger partial charge is 0.434 e. The Balaban J connectivity index is 1.03.